The van der Waals surface area contributed by atoms with Crippen LogP contribution in [-0.4, -0.2) is 35.2 Å². The molecule has 2 aromatic carbocycles. The Balaban J connectivity index is 2.30. The largest absolute Gasteiger partial charge is 0.480 e. The van der Waals surface area contributed by atoms with Crippen molar-refractivity contribution < 1.29 is 19.4 Å². The average Bonchev–Trinajstić information content (AvgIpc) is 2.60. The summed E-state index contributed by atoms with van der Waals surface area (Å²) in [5.74, 6) is -1.42. The second-order valence-corrected chi connectivity index (χ2v) is 5.43. The summed E-state index contributed by atoms with van der Waals surface area (Å²) in [4.78, 5) is 27.6. The summed E-state index contributed by atoms with van der Waals surface area (Å²) in [7, 11) is 1.32. The highest BCUT2D eigenvalue weighted by molar-refractivity contribution is 6.09. The number of rotatable bonds is 4. The van der Waals surface area contributed by atoms with Gasteiger partial charge in [0.15, 0.2) is 0 Å². The number of carbonyl (C=O) groups excluding carboxylic acids is 1. The summed E-state index contributed by atoms with van der Waals surface area (Å²) in [6.45, 7) is 1.56. The molecule has 0 aliphatic rings. The second-order valence-electron chi connectivity index (χ2n) is 5.43. The van der Waals surface area contributed by atoms with Gasteiger partial charge in [-0.2, -0.15) is 0 Å². The molecule has 3 aromatic rings. The fraction of sp³-hybridized carbons (Fsp3) is 0.167. The Kier molecular flexibility index (Phi) is 4.04. The van der Waals surface area contributed by atoms with Crippen LogP contribution in [0, 0.1) is 0 Å². The van der Waals surface area contributed by atoms with Gasteiger partial charge in [0.1, 0.15) is 6.04 Å². The molecule has 0 aliphatic carbocycles. The minimum Gasteiger partial charge on any atom is -0.480 e. The molecule has 0 bridgehead atoms. The van der Waals surface area contributed by atoms with Crippen LogP contribution in [0.4, 0.5) is 5.69 Å². The summed E-state index contributed by atoms with van der Waals surface area (Å²) in [5.41, 5.74) is 2.43. The van der Waals surface area contributed by atoms with Gasteiger partial charge in [0.05, 0.1) is 29.4 Å². The third-order valence-electron chi connectivity index (χ3n) is 3.83. The maximum absolute atomic E-state index is 11.8. The third-order valence-corrected chi connectivity index (χ3v) is 3.83. The molecule has 1 atom stereocenters. The zero-order valence-electron chi connectivity index (χ0n) is 13.2. The molecule has 0 fully saturated rings. The van der Waals surface area contributed by atoms with Crippen molar-refractivity contribution in [1.82, 2.24) is 4.98 Å². The van der Waals surface area contributed by atoms with E-state index in [-0.39, 0.29) is 0 Å². The monoisotopic (exact) mass is 324 g/mol. The van der Waals surface area contributed by atoms with Crippen molar-refractivity contribution in [2.75, 3.05) is 12.4 Å². The zero-order chi connectivity index (χ0) is 17.3. The standard InChI is InChI=1S/C18H16N2O4/c1-10(17(21)22)19-16-12-5-3-4-6-14(12)20-15-8-7-11(9-13(15)16)18(23)24-2/h3-10H,1-2H3,(H,19,20)(H,21,22)/t10-/m0/s1. The van der Waals surface area contributed by atoms with Crippen LogP contribution in [0.5, 0.6) is 0 Å². The highest BCUT2D eigenvalue weighted by Crippen LogP contribution is 2.32. The minimum atomic E-state index is -0.965. The van der Waals surface area contributed by atoms with E-state index < -0.39 is 18.0 Å². The number of nitrogens with one attached hydrogen (secondary N) is 1. The van der Waals surface area contributed by atoms with E-state index in [1.54, 1.807) is 25.1 Å². The molecule has 6 nitrogen and oxygen atoms in total. The molecule has 0 radical (unpaired) electrons. The number of hydrogen-bond acceptors (Lipinski definition) is 5. The van der Waals surface area contributed by atoms with Gasteiger partial charge in [0.2, 0.25) is 0 Å². The van der Waals surface area contributed by atoms with Crippen LogP contribution in [-0.2, 0) is 9.53 Å². The van der Waals surface area contributed by atoms with E-state index in [4.69, 9.17) is 4.74 Å². The fourth-order valence-corrected chi connectivity index (χ4v) is 2.57. The molecular weight excluding hydrogens is 308 g/mol. The first-order valence-corrected chi connectivity index (χ1v) is 7.41. The Morgan fingerprint density at radius 3 is 2.54 bits per heavy atom. The Morgan fingerprint density at radius 2 is 1.83 bits per heavy atom. The molecule has 0 saturated heterocycles. The highest BCUT2D eigenvalue weighted by atomic mass is 16.5. The van der Waals surface area contributed by atoms with Crippen LogP contribution in [0.25, 0.3) is 21.8 Å². The predicted octanol–water partition coefficient (Wildman–Crippen LogP) is 3.06. The smallest absolute Gasteiger partial charge is 0.337 e. The number of esters is 1. The first kappa shape index (κ1) is 15.7. The maximum Gasteiger partial charge on any atom is 0.337 e. The Morgan fingerprint density at radius 1 is 1.12 bits per heavy atom. The second kappa shape index (κ2) is 6.16. The predicted molar refractivity (Wildman–Crippen MR) is 91.3 cm³/mol. The van der Waals surface area contributed by atoms with Gasteiger partial charge < -0.3 is 15.2 Å². The molecule has 0 saturated carbocycles. The minimum absolute atomic E-state index is 0.383. The van der Waals surface area contributed by atoms with Gasteiger partial charge in [-0.3, -0.25) is 4.79 Å². The maximum atomic E-state index is 11.8. The molecule has 0 aliphatic heterocycles. The van der Waals surface area contributed by atoms with E-state index in [0.29, 0.717) is 22.2 Å². The molecule has 0 unspecified atom stereocenters. The summed E-state index contributed by atoms with van der Waals surface area (Å²) < 4.78 is 4.76. The summed E-state index contributed by atoms with van der Waals surface area (Å²) >= 11 is 0. The lowest BCUT2D eigenvalue weighted by atomic mass is 10.0. The molecule has 1 heterocycles. The first-order valence-electron chi connectivity index (χ1n) is 7.41. The Labute approximate surface area is 138 Å². The molecule has 122 valence electrons. The lowest BCUT2D eigenvalue weighted by Crippen LogP contribution is -2.25. The number of hydrogen-bond donors (Lipinski definition) is 2. The van der Waals surface area contributed by atoms with Gasteiger partial charge in [-0.25, -0.2) is 9.78 Å². The van der Waals surface area contributed by atoms with Crippen molar-refractivity contribution in [3.05, 3.63) is 48.0 Å². The number of fused-ring (bicyclic) bond motifs is 2. The summed E-state index contributed by atoms with van der Waals surface area (Å²) in [5, 5.41) is 13.7. The number of benzene rings is 2. The topological polar surface area (TPSA) is 88.5 Å². The van der Waals surface area contributed by atoms with Crippen LogP contribution in [0.1, 0.15) is 17.3 Å². The lowest BCUT2D eigenvalue weighted by Gasteiger charge is -2.16. The molecule has 1 aromatic heterocycles. The van der Waals surface area contributed by atoms with Gasteiger partial charge >= 0.3 is 11.9 Å². The molecule has 2 N–H and O–H groups in total. The number of carbonyl (C=O) groups is 2. The van der Waals surface area contributed by atoms with E-state index in [2.05, 4.69) is 10.3 Å². The van der Waals surface area contributed by atoms with Crippen LogP contribution in [0.3, 0.4) is 0 Å². The van der Waals surface area contributed by atoms with Crippen molar-refractivity contribution in [1.29, 1.82) is 0 Å². The van der Waals surface area contributed by atoms with Gasteiger partial charge in [-0.1, -0.05) is 18.2 Å². The SMILES string of the molecule is COC(=O)c1ccc2nc3ccccc3c(N[C@@H](C)C(=O)O)c2c1. The van der Waals surface area contributed by atoms with Crippen LogP contribution < -0.4 is 5.32 Å². The van der Waals surface area contributed by atoms with Gasteiger partial charge in [-0.05, 0) is 31.2 Å². The number of para-hydroxylation sites is 1. The first-order chi connectivity index (χ1) is 11.5. The number of aromatic nitrogens is 1. The Hall–Kier alpha value is -3.15. The zero-order valence-corrected chi connectivity index (χ0v) is 13.2. The van der Waals surface area contributed by atoms with Crippen LogP contribution in [0.2, 0.25) is 0 Å². The highest BCUT2D eigenvalue weighted by Gasteiger charge is 2.17. The lowest BCUT2D eigenvalue weighted by molar-refractivity contribution is -0.137. The summed E-state index contributed by atoms with van der Waals surface area (Å²) in [6.07, 6.45) is 0. The van der Waals surface area contributed by atoms with Crippen molar-refractivity contribution >= 4 is 39.4 Å². The normalized spacial score (nSPS) is 12.1. The van der Waals surface area contributed by atoms with Crippen molar-refractivity contribution in [3.63, 3.8) is 0 Å². The Bertz CT molecular complexity index is 952. The van der Waals surface area contributed by atoms with E-state index in [9.17, 15) is 14.7 Å². The number of aliphatic carboxylic acids is 1. The third kappa shape index (κ3) is 2.74. The van der Waals surface area contributed by atoms with Crippen molar-refractivity contribution in [2.24, 2.45) is 0 Å². The summed E-state index contributed by atoms with van der Waals surface area (Å²) in [6, 6.07) is 11.7. The average molecular weight is 324 g/mol. The van der Waals surface area contributed by atoms with E-state index >= 15 is 0 Å². The quantitative estimate of drug-likeness (QED) is 0.566. The molecule has 24 heavy (non-hydrogen) atoms. The number of carboxylic acids is 1. The molecular formula is C18H16N2O4. The number of methoxy groups -OCH3 is 1. The van der Waals surface area contributed by atoms with E-state index in [0.717, 1.165) is 10.9 Å². The van der Waals surface area contributed by atoms with Gasteiger partial charge in [0.25, 0.3) is 0 Å². The van der Waals surface area contributed by atoms with E-state index in [1.807, 2.05) is 24.3 Å². The molecule has 0 amide bonds. The molecule has 0 spiro atoms. The number of ether oxygens (including phenoxy) is 1. The van der Waals surface area contributed by atoms with Crippen molar-refractivity contribution in [2.45, 2.75) is 13.0 Å². The fourth-order valence-electron chi connectivity index (χ4n) is 2.57. The number of nitrogens with zero attached hydrogens (tertiary/aromatic N) is 1. The van der Waals surface area contributed by atoms with Gasteiger partial charge in [-0.15, -0.1) is 0 Å². The molecule has 3 rings (SSSR count). The number of pyridine rings is 1. The van der Waals surface area contributed by atoms with Gasteiger partial charge in [0, 0.05) is 10.8 Å². The number of anilines is 1. The van der Waals surface area contributed by atoms with Crippen molar-refractivity contribution in [3.8, 4) is 0 Å². The van der Waals surface area contributed by atoms with Crippen LogP contribution >= 0.6 is 0 Å². The molecule has 6 heteroatoms. The number of carboxylic acid groups (broad SMARTS) is 1. The van der Waals surface area contributed by atoms with Crippen LogP contribution in [0.15, 0.2) is 42.5 Å². The van der Waals surface area contributed by atoms with E-state index in [1.165, 1.54) is 7.11 Å².